The fourth-order valence-electron chi connectivity index (χ4n) is 1.74. The Hall–Kier alpha value is -1.02. The lowest BCUT2D eigenvalue weighted by molar-refractivity contribution is -0.139. The van der Waals surface area contributed by atoms with Crippen molar-refractivity contribution in [3.8, 4) is 11.8 Å². The second-order valence-electron chi connectivity index (χ2n) is 6.33. The number of aliphatic carboxylic acids is 1. The van der Waals surface area contributed by atoms with Gasteiger partial charge >= 0.3 is 5.97 Å². The summed E-state index contributed by atoms with van der Waals surface area (Å²) in [6.45, 7) is 6.26. The molecule has 0 aliphatic carbocycles. The van der Waals surface area contributed by atoms with E-state index in [1.807, 2.05) is 0 Å². The van der Waals surface area contributed by atoms with Crippen molar-refractivity contribution in [3.05, 3.63) is 6.07 Å². The number of ether oxygens (including phenoxy) is 2. The van der Waals surface area contributed by atoms with Crippen LogP contribution in [0.25, 0.3) is 0 Å². The van der Waals surface area contributed by atoms with E-state index in [0.717, 1.165) is 18.2 Å². The third-order valence-electron chi connectivity index (χ3n) is 3.25. The first-order valence-corrected chi connectivity index (χ1v) is 9.05. The van der Waals surface area contributed by atoms with Gasteiger partial charge in [0.15, 0.2) is 5.16 Å². The van der Waals surface area contributed by atoms with Gasteiger partial charge in [0.25, 0.3) is 0 Å². The van der Waals surface area contributed by atoms with Gasteiger partial charge in [-0.1, -0.05) is 48.5 Å². The van der Waals surface area contributed by atoms with Crippen molar-refractivity contribution in [3.63, 3.8) is 0 Å². The van der Waals surface area contributed by atoms with E-state index < -0.39 is 10.7 Å². The van der Waals surface area contributed by atoms with Crippen molar-refractivity contribution in [2.75, 3.05) is 19.5 Å². The van der Waals surface area contributed by atoms with E-state index in [-0.39, 0.29) is 5.41 Å². The summed E-state index contributed by atoms with van der Waals surface area (Å²) in [5, 5.41) is 10.4. The van der Waals surface area contributed by atoms with E-state index in [9.17, 15) is 9.90 Å². The SMILES string of the molecule is COc1cc(OC)nc(SC(CBr)(CCC(C)(C)C)C(=O)O)n1. The number of aromatic nitrogens is 2. The normalized spacial score (nSPS) is 14.2. The molecular weight excluding hydrogens is 384 g/mol. The second kappa shape index (κ2) is 8.19. The Bertz CT molecular complexity index is 529. The number of hydrogen-bond donors (Lipinski definition) is 1. The summed E-state index contributed by atoms with van der Waals surface area (Å²) >= 11 is 4.47. The summed E-state index contributed by atoms with van der Waals surface area (Å²) in [6.07, 6.45) is 1.25. The summed E-state index contributed by atoms with van der Waals surface area (Å²) in [4.78, 5) is 20.4. The molecule has 0 aliphatic heterocycles. The van der Waals surface area contributed by atoms with Gasteiger partial charge in [0, 0.05) is 5.33 Å². The first kappa shape index (κ1) is 20.0. The highest BCUT2D eigenvalue weighted by atomic mass is 79.9. The first-order chi connectivity index (χ1) is 10.7. The molecule has 0 amide bonds. The molecule has 1 N–H and O–H groups in total. The summed E-state index contributed by atoms with van der Waals surface area (Å²) in [5.41, 5.74) is 0.0381. The lowest BCUT2D eigenvalue weighted by Crippen LogP contribution is -2.38. The molecule has 0 aromatic carbocycles. The van der Waals surface area contributed by atoms with E-state index in [1.165, 1.54) is 14.2 Å². The summed E-state index contributed by atoms with van der Waals surface area (Å²) in [7, 11) is 2.98. The fourth-order valence-corrected chi connectivity index (χ4v) is 3.57. The largest absolute Gasteiger partial charge is 0.481 e. The minimum absolute atomic E-state index is 0.0381. The molecule has 0 saturated heterocycles. The average Bonchev–Trinajstić information content (AvgIpc) is 2.49. The van der Waals surface area contributed by atoms with Crippen LogP contribution in [0.3, 0.4) is 0 Å². The molecule has 1 aromatic heterocycles. The zero-order valence-corrected chi connectivity index (χ0v) is 16.5. The molecule has 1 heterocycles. The molecule has 23 heavy (non-hydrogen) atoms. The molecule has 0 bridgehead atoms. The maximum absolute atomic E-state index is 11.9. The second-order valence-corrected chi connectivity index (χ2v) is 8.24. The van der Waals surface area contributed by atoms with Crippen molar-refractivity contribution in [2.24, 2.45) is 5.41 Å². The van der Waals surface area contributed by atoms with Crippen LogP contribution < -0.4 is 9.47 Å². The highest BCUT2D eigenvalue weighted by molar-refractivity contribution is 9.09. The van der Waals surface area contributed by atoms with Gasteiger partial charge in [-0.15, -0.1) is 0 Å². The van der Waals surface area contributed by atoms with Gasteiger partial charge < -0.3 is 14.6 Å². The molecule has 0 radical (unpaired) electrons. The van der Waals surface area contributed by atoms with Crippen LogP contribution >= 0.6 is 27.7 Å². The molecular formula is C15H23BrN2O4S. The average molecular weight is 407 g/mol. The van der Waals surface area contributed by atoms with Crippen molar-refractivity contribution in [1.29, 1.82) is 0 Å². The van der Waals surface area contributed by atoms with Crippen molar-refractivity contribution in [2.45, 2.75) is 43.5 Å². The number of alkyl halides is 1. The van der Waals surface area contributed by atoms with Crippen LogP contribution in [0.1, 0.15) is 33.6 Å². The van der Waals surface area contributed by atoms with Crippen LogP contribution in [-0.2, 0) is 4.79 Å². The quantitative estimate of drug-likeness (QED) is 0.400. The smallest absolute Gasteiger partial charge is 0.321 e. The number of rotatable bonds is 8. The highest BCUT2D eigenvalue weighted by Gasteiger charge is 2.40. The standard InChI is InChI=1S/C15H23BrN2O4S/c1-14(2,3)6-7-15(9-16,12(19)20)23-13-17-10(21-4)8-11(18-13)22-5/h8H,6-7,9H2,1-5H3,(H,19,20). The van der Waals surface area contributed by atoms with E-state index in [1.54, 1.807) is 6.07 Å². The minimum Gasteiger partial charge on any atom is -0.481 e. The van der Waals surface area contributed by atoms with Gasteiger partial charge in [-0.3, -0.25) is 4.79 Å². The molecule has 0 saturated carbocycles. The predicted octanol–water partition coefficient (Wildman–Crippen LogP) is 3.63. The molecule has 6 nitrogen and oxygen atoms in total. The third kappa shape index (κ3) is 5.84. The van der Waals surface area contributed by atoms with E-state index >= 15 is 0 Å². The monoisotopic (exact) mass is 406 g/mol. The number of carbonyl (C=O) groups is 1. The van der Waals surface area contributed by atoms with E-state index in [0.29, 0.717) is 28.7 Å². The minimum atomic E-state index is -1.05. The molecule has 0 aliphatic rings. The lowest BCUT2D eigenvalue weighted by atomic mass is 9.87. The van der Waals surface area contributed by atoms with Crippen LogP contribution in [0.4, 0.5) is 0 Å². The van der Waals surface area contributed by atoms with Crippen molar-refractivity contribution < 1.29 is 19.4 Å². The van der Waals surface area contributed by atoms with Gasteiger partial charge in [-0.2, -0.15) is 9.97 Å². The number of carboxylic acid groups (broad SMARTS) is 1. The van der Waals surface area contributed by atoms with Gasteiger partial charge in [-0.05, 0) is 18.3 Å². The molecule has 1 atom stereocenters. The number of methoxy groups -OCH3 is 2. The maximum atomic E-state index is 11.9. The molecule has 0 spiro atoms. The highest BCUT2D eigenvalue weighted by Crippen LogP contribution is 2.40. The summed E-state index contributed by atoms with van der Waals surface area (Å²) in [5.74, 6) is -0.220. The van der Waals surface area contributed by atoms with Crippen LogP contribution in [0, 0.1) is 5.41 Å². The number of carboxylic acids is 1. The summed E-state index contributed by atoms with van der Waals surface area (Å²) in [6, 6.07) is 1.55. The Morgan fingerprint density at radius 3 is 2.09 bits per heavy atom. The molecule has 1 unspecified atom stereocenters. The first-order valence-electron chi connectivity index (χ1n) is 7.11. The van der Waals surface area contributed by atoms with Crippen LogP contribution in [0.2, 0.25) is 0 Å². The van der Waals surface area contributed by atoms with Gasteiger partial charge in [0.2, 0.25) is 11.8 Å². The van der Waals surface area contributed by atoms with Crippen molar-refractivity contribution in [1.82, 2.24) is 9.97 Å². The number of hydrogen-bond acceptors (Lipinski definition) is 6. The Balaban J connectivity index is 3.12. The van der Waals surface area contributed by atoms with Crippen LogP contribution in [0.5, 0.6) is 11.8 Å². The molecule has 1 rings (SSSR count). The fraction of sp³-hybridized carbons (Fsp3) is 0.667. The van der Waals surface area contributed by atoms with Crippen LogP contribution in [0.15, 0.2) is 11.2 Å². The van der Waals surface area contributed by atoms with Gasteiger partial charge in [0.05, 0.1) is 20.3 Å². The Labute approximate surface area is 149 Å². The number of halogens is 1. The Morgan fingerprint density at radius 1 is 1.22 bits per heavy atom. The maximum Gasteiger partial charge on any atom is 0.321 e. The predicted molar refractivity (Wildman–Crippen MR) is 93.8 cm³/mol. The van der Waals surface area contributed by atoms with Crippen LogP contribution in [-0.4, -0.2) is 45.3 Å². The van der Waals surface area contributed by atoms with Crippen molar-refractivity contribution >= 4 is 33.7 Å². The zero-order chi connectivity index (χ0) is 17.7. The molecule has 1 aromatic rings. The Kier molecular flexibility index (Phi) is 7.13. The number of thioether (sulfide) groups is 1. The molecule has 8 heteroatoms. The summed E-state index contributed by atoms with van der Waals surface area (Å²) < 4.78 is 9.18. The molecule has 0 fully saturated rings. The zero-order valence-electron chi connectivity index (χ0n) is 14.1. The van der Waals surface area contributed by atoms with Gasteiger partial charge in [-0.25, -0.2) is 0 Å². The number of nitrogens with zero attached hydrogens (tertiary/aromatic N) is 2. The lowest BCUT2D eigenvalue weighted by Gasteiger charge is -2.29. The van der Waals surface area contributed by atoms with E-state index in [4.69, 9.17) is 9.47 Å². The molecule has 130 valence electrons. The van der Waals surface area contributed by atoms with E-state index in [2.05, 4.69) is 46.7 Å². The third-order valence-corrected chi connectivity index (χ3v) is 5.86. The topological polar surface area (TPSA) is 81.5 Å². The van der Waals surface area contributed by atoms with Gasteiger partial charge in [0.1, 0.15) is 4.75 Å². The Morgan fingerprint density at radius 2 is 1.74 bits per heavy atom.